The molecule has 1 N–H and O–H groups in total. The number of alkyl halides is 3. The molecule has 2 aromatic heterocycles. The highest BCUT2D eigenvalue weighted by Crippen LogP contribution is 2.32. The highest BCUT2D eigenvalue weighted by atomic mass is 19.4. The average Bonchev–Trinajstić information content (AvgIpc) is 2.76. The summed E-state index contributed by atoms with van der Waals surface area (Å²) in [6.07, 6.45) is 0.113. The van der Waals surface area contributed by atoms with E-state index in [0.29, 0.717) is 24.5 Å². The minimum absolute atomic E-state index is 0.0404. The van der Waals surface area contributed by atoms with Crippen molar-refractivity contribution in [3.05, 3.63) is 60.0 Å². The largest absolute Gasteiger partial charge is 0.490 e. The molecule has 0 bridgehead atoms. The summed E-state index contributed by atoms with van der Waals surface area (Å²) in [5, 5.41) is 2.95. The van der Waals surface area contributed by atoms with Crippen LogP contribution in [0, 0.1) is 6.92 Å². The van der Waals surface area contributed by atoms with Gasteiger partial charge in [-0.3, -0.25) is 4.98 Å². The van der Waals surface area contributed by atoms with Gasteiger partial charge in [-0.05, 0) is 42.8 Å². The lowest BCUT2D eigenvalue weighted by atomic mass is 10.1. The Kier molecular flexibility index (Phi) is 6.03. The number of rotatable bonds is 5. The predicted octanol–water partition coefficient (Wildman–Crippen LogP) is 5.17. The van der Waals surface area contributed by atoms with E-state index in [1.165, 1.54) is 12.4 Å². The molecule has 1 fully saturated rings. The van der Waals surface area contributed by atoms with Crippen LogP contribution in [0.4, 0.5) is 24.7 Å². The van der Waals surface area contributed by atoms with Crippen LogP contribution in [0.5, 0.6) is 5.75 Å². The van der Waals surface area contributed by atoms with Crippen LogP contribution < -0.4 is 10.1 Å². The lowest BCUT2D eigenvalue weighted by Crippen LogP contribution is -2.26. The van der Waals surface area contributed by atoms with Crippen LogP contribution in [0.3, 0.4) is 0 Å². The number of benzene rings is 1. The van der Waals surface area contributed by atoms with Gasteiger partial charge in [-0.15, -0.1) is 0 Å². The SMILES string of the molecule is Cc1cc(Nc2cc(C(F)(F)F)nc(-c3cccnc3)n2)ccc1OC1CCOCC1. The molecule has 1 aliphatic rings. The van der Waals surface area contributed by atoms with Gasteiger partial charge < -0.3 is 14.8 Å². The van der Waals surface area contributed by atoms with Gasteiger partial charge in [0.05, 0.1) is 13.2 Å². The predicted molar refractivity (Wildman–Crippen MR) is 109 cm³/mol. The number of halogens is 3. The van der Waals surface area contributed by atoms with Gasteiger partial charge in [0.15, 0.2) is 11.5 Å². The van der Waals surface area contributed by atoms with Crippen molar-refractivity contribution < 1.29 is 22.6 Å². The Morgan fingerprint density at radius 2 is 1.90 bits per heavy atom. The summed E-state index contributed by atoms with van der Waals surface area (Å²) in [6, 6.07) is 9.49. The van der Waals surface area contributed by atoms with Gasteiger partial charge in [0.25, 0.3) is 0 Å². The number of ether oxygens (including phenoxy) is 2. The highest BCUT2D eigenvalue weighted by molar-refractivity contribution is 5.63. The summed E-state index contributed by atoms with van der Waals surface area (Å²) in [7, 11) is 0. The highest BCUT2D eigenvalue weighted by Gasteiger charge is 2.34. The van der Waals surface area contributed by atoms with Crippen LogP contribution in [0.1, 0.15) is 24.1 Å². The third-order valence-corrected chi connectivity index (χ3v) is 4.85. The van der Waals surface area contributed by atoms with E-state index >= 15 is 0 Å². The fraction of sp³-hybridized carbons (Fsp3) is 0.318. The summed E-state index contributed by atoms with van der Waals surface area (Å²) in [5.74, 6) is 0.729. The molecule has 0 saturated carbocycles. The third kappa shape index (κ3) is 5.29. The molecule has 1 saturated heterocycles. The van der Waals surface area contributed by atoms with Crippen LogP contribution in [0.15, 0.2) is 48.8 Å². The molecule has 3 heterocycles. The smallest absolute Gasteiger partial charge is 0.433 e. The van der Waals surface area contributed by atoms with E-state index in [9.17, 15) is 13.2 Å². The lowest BCUT2D eigenvalue weighted by molar-refractivity contribution is -0.141. The molecule has 3 aromatic rings. The van der Waals surface area contributed by atoms with E-state index < -0.39 is 11.9 Å². The Bertz CT molecular complexity index is 1040. The van der Waals surface area contributed by atoms with Crippen molar-refractivity contribution in [1.29, 1.82) is 0 Å². The Morgan fingerprint density at radius 3 is 2.58 bits per heavy atom. The van der Waals surface area contributed by atoms with E-state index in [4.69, 9.17) is 9.47 Å². The molecule has 6 nitrogen and oxygen atoms in total. The zero-order valence-electron chi connectivity index (χ0n) is 16.8. The Labute approximate surface area is 177 Å². The van der Waals surface area contributed by atoms with Crippen molar-refractivity contribution in [2.75, 3.05) is 18.5 Å². The van der Waals surface area contributed by atoms with E-state index in [1.807, 2.05) is 13.0 Å². The maximum atomic E-state index is 13.4. The van der Waals surface area contributed by atoms with Gasteiger partial charge >= 0.3 is 6.18 Å². The molecule has 162 valence electrons. The molecule has 1 aliphatic heterocycles. The number of hydrogen-bond acceptors (Lipinski definition) is 6. The molecule has 0 amide bonds. The van der Waals surface area contributed by atoms with Crippen molar-refractivity contribution in [2.24, 2.45) is 0 Å². The van der Waals surface area contributed by atoms with Gasteiger partial charge in [-0.25, -0.2) is 9.97 Å². The number of hydrogen-bond donors (Lipinski definition) is 1. The van der Waals surface area contributed by atoms with Gasteiger partial charge in [-0.2, -0.15) is 13.2 Å². The first kappa shape index (κ1) is 21.0. The summed E-state index contributed by atoms with van der Waals surface area (Å²) in [6.45, 7) is 3.25. The Morgan fingerprint density at radius 1 is 1.10 bits per heavy atom. The monoisotopic (exact) mass is 430 g/mol. The number of anilines is 2. The normalized spacial score (nSPS) is 15.0. The van der Waals surface area contributed by atoms with Gasteiger partial charge in [-0.1, -0.05) is 0 Å². The number of aromatic nitrogens is 3. The van der Waals surface area contributed by atoms with E-state index in [0.717, 1.165) is 30.2 Å². The van der Waals surface area contributed by atoms with Crippen molar-refractivity contribution >= 4 is 11.5 Å². The van der Waals surface area contributed by atoms with Crippen LogP contribution in [0.25, 0.3) is 11.4 Å². The topological polar surface area (TPSA) is 69.2 Å². The van der Waals surface area contributed by atoms with Crippen LogP contribution in [-0.2, 0) is 10.9 Å². The van der Waals surface area contributed by atoms with E-state index in [2.05, 4.69) is 20.3 Å². The molecule has 31 heavy (non-hydrogen) atoms. The van der Waals surface area contributed by atoms with Crippen molar-refractivity contribution in [3.8, 4) is 17.1 Å². The van der Waals surface area contributed by atoms with Gasteiger partial charge in [0.1, 0.15) is 17.7 Å². The second kappa shape index (κ2) is 8.89. The molecule has 0 atom stereocenters. The van der Waals surface area contributed by atoms with E-state index in [1.54, 1.807) is 24.3 Å². The minimum Gasteiger partial charge on any atom is -0.490 e. The third-order valence-electron chi connectivity index (χ3n) is 4.85. The second-order valence-electron chi connectivity index (χ2n) is 7.24. The summed E-state index contributed by atoms with van der Waals surface area (Å²) >= 11 is 0. The molecule has 0 radical (unpaired) electrons. The Hall–Kier alpha value is -3.20. The molecule has 0 spiro atoms. The number of nitrogens with one attached hydrogen (secondary N) is 1. The number of pyridine rings is 1. The van der Waals surface area contributed by atoms with Crippen LogP contribution in [-0.4, -0.2) is 34.3 Å². The fourth-order valence-corrected chi connectivity index (χ4v) is 3.26. The van der Waals surface area contributed by atoms with E-state index in [-0.39, 0.29) is 17.7 Å². The maximum absolute atomic E-state index is 13.4. The fourth-order valence-electron chi connectivity index (χ4n) is 3.26. The number of aryl methyl sites for hydroxylation is 1. The molecular weight excluding hydrogens is 409 g/mol. The first-order valence-corrected chi connectivity index (χ1v) is 9.87. The first-order chi connectivity index (χ1) is 14.9. The summed E-state index contributed by atoms with van der Waals surface area (Å²) in [4.78, 5) is 11.9. The first-order valence-electron chi connectivity index (χ1n) is 9.87. The molecule has 0 aliphatic carbocycles. The average molecular weight is 430 g/mol. The Balaban J connectivity index is 1.58. The summed E-state index contributed by atoms with van der Waals surface area (Å²) in [5.41, 5.74) is 0.836. The molecule has 1 aromatic carbocycles. The van der Waals surface area contributed by atoms with Gasteiger partial charge in [0.2, 0.25) is 0 Å². The zero-order valence-corrected chi connectivity index (χ0v) is 16.8. The number of nitrogens with zero attached hydrogens (tertiary/aromatic N) is 3. The quantitative estimate of drug-likeness (QED) is 0.603. The van der Waals surface area contributed by atoms with Crippen molar-refractivity contribution in [3.63, 3.8) is 0 Å². The molecule has 9 heteroatoms. The minimum atomic E-state index is -4.60. The summed E-state index contributed by atoms with van der Waals surface area (Å²) < 4.78 is 51.5. The van der Waals surface area contributed by atoms with Crippen LogP contribution >= 0.6 is 0 Å². The zero-order chi connectivity index (χ0) is 21.8. The molecule has 0 unspecified atom stereocenters. The molecule has 4 rings (SSSR count). The van der Waals surface area contributed by atoms with Gasteiger partial charge in [0, 0.05) is 42.6 Å². The van der Waals surface area contributed by atoms with Crippen molar-refractivity contribution in [2.45, 2.75) is 32.0 Å². The maximum Gasteiger partial charge on any atom is 0.433 e. The second-order valence-corrected chi connectivity index (χ2v) is 7.24. The standard InChI is InChI=1S/C22H21F3N4O2/c1-14-11-16(4-5-18(14)31-17-6-9-30-10-7-17)27-20-12-19(22(23,24)25)28-21(29-20)15-3-2-8-26-13-15/h2-5,8,11-13,17H,6-7,9-10H2,1H3,(H,27,28,29). The molecular formula is C22H21F3N4O2. The lowest BCUT2D eigenvalue weighted by Gasteiger charge is -2.24. The van der Waals surface area contributed by atoms with Crippen LogP contribution in [0.2, 0.25) is 0 Å². The van der Waals surface area contributed by atoms with Crippen molar-refractivity contribution in [1.82, 2.24) is 15.0 Å².